The largest absolute Gasteiger partial charge is 0.478 e. The molecule has 1 atom stereocenters. The highest BCUT2D eigenvalue weighted by Gasteiger charge is 2.23. The van der Waals surface area contributed by atoms with Gasteiger partial charge in [0.25, 0.3) is 0 Å². The predicted molar refractivity (Wildman–Crippen MR) is 81.1 cm³/mol. The molecule has 2 rings (SSSR count). The van der Waals surface area contributed by atoms with Crippen LogP contribution in [0, 0.1) is 0 Å². The van der Waals surface area contributed by atoms with Gasteiger partial charge in [-0.1, -0.05) is 11.6 Å². The fraction of sp³-hybridized carbons (Fsp3) is 0.429. The molecular formula is C14H16ClNO4S. The van der Waals surface area contributed by atoms with Crippen LogP contribution in [0.5, 0.6) is 0 Å². The van der Waals surface area contributed by atoms with E-state index in [1.54, 1.807) is 17.0 Å². The molecule has 1 heterocycles. The first kappa shape index (κ1) is 16.1. The molecule has 0 spiro atoms. The normalized spacial score (nSPS) is 16.6. The maximum atomic E-state index is 12.3. The van der Waals surface area contributed by atoms with E-state index in [4.69, 9.17) is 21.4 Å². The number of halogens is 1. The van der Waals surface area contributed by atoms with E-state index in [0.29, 0.717) is 31.2 Å². The molecule has 1 N–H and O–H groups in total. The van der Waals surface area contributed by atoms with Gasteiger partial charge in [-0.15, -0.1) is 11.8 Å². The summed E-state index contributed by atoms with van der Waals surface area (Å²) in [4.78, 5) is 25.8. The average molecular weight is 330 g/mol. The Morgan fingerprint density at radius 2 is 2.05 bits per heavy atom. The van der Waals surface area contributed by atoms with E-state index in [2.05, 4.69) is 0 Å². The molecule has 0 aromatic heterocycles. The lowest BCUT2D eigenvalue weighted by atomic mass is 10.2. The Morgan fingerprint density at radius 3 is 2.67 bits per heavy atom. The maximum Gasteiger partial charge on any atom is 0.337 e. The fourth-order valence-corrected chi connectivity index (χ4v) is 3.23. The molecule has 0 radical (unpaired) electrons. The number of carbonyl (C=O) groups is 2. The first-order valence-corrected chi connectivity index (χ1v) is 7.81. The van der Waals surface area contributed by atoms with Crippen molar-refractivity contribution < 1.29 is 19.4 Å². The molecule has 1 unspecified atom stereocenters. The van der Waals surface area contributed by atoms with Gasteiger partial charge in [0.15, 0.2) is 0 Å². The highest BCUT2D eigenvalue weighted by Crippen LogP contribution is 2.28. The number of benzene rings is 1. The average Bonchev–Trinajstić information content (AvgIpc) is 2.49. The number of hydrogen-bond donors (Lipinski definition) is 1. The van der Waals surface area contributed by atoms with Gasteiger partial charge >= 0.3 is 5.97 Å². The summed E-state index contributed by atoms with van der Waals surface area (Å²) in [5, 5.41) is 8.96. The van der Waals surface area contributed by atoms with Crippen LogP contribution in [0.15, 0.2) is 23.1 Å². The minimum Gasteiger partial charge on any atom is -0.478 e. The Morgan fingerprint density at radius 1 is 1.38 bits per heavy atom. The number of thioether (sulfide) groups is 1. The second-order valence-electron chi connectivity index (χ2n) is 4.64. The number of hydrogen-bond acceptors (Lipinski definition) is 4. The molecule has 1 amide bonds. The monoisotopic (exact) mass is 329 g/mol. The summed E-state index contributed by atoms with van der Waals surface area (Å²) < 4.78 is 5.22. The van der Waals surface area contributed by atoms with Crippen LogP contribution in [0.2, 0.25) is 5.02 Å². The third kappa shape index (κ3) is 4.12. The molecule has 0 saturated carbocycles. The van der Waals surface area contributed by atoms with Gasteiger partial charge in [0.1, 0.15) is 0 Å². The van der Waals surface area contributed by atoms with E-state index in [1.165, 1.54) is 17.8 Å². The molecule has 0 bridgehead atoms. The zero-order valence-electron chi connectivity index (χ0n) is 11.5. The van der Waals surface area contributed by atoms with Crippen molar-refractivity contribution in [1.82, 2.24) is 4.90 Å². The summed E-state index contributed by atoms with van der Waals surface area (Å²) in [6.45, 7) is 4.15. The van der Waals surface area contributed by atoms with Gasteiger partial charge in [-0.2, -0.15) is 0 Å². The lowest BCUT2D eigenvalue weighted by Crippen LogP contribution is -2.44. The van der Waals surface area contributed by atoms with E-state index in [-0.39, 0.29) is 21.7 Å². The van der Waals surface area contributed by atoms with Gasteiger partial charge < -0.3 is 14.7 Å². The number of rotatable bonds is 4. The van der Waals surface area contributed by atoms with E-state index < -0.39 is 5.97 Å². The van der Waals surface area contributed by atoms with Crippen LogP contribution >= 0.6 is 23.4 Å². The molecule has 114 valence electrons. The standard InChI is InChI=1S/C14H16ClNO4S/c1-9(13(17)16-4-6-20-7-5-16)21-10-2-3-12(15)11(8-10)14(18)19/h2-3,8-9H,4-7H2,1H3,(H,18,19). The van der Waals surface area contributed by atoms with Gasteiger partial charge in [0, 0.05) is 18.0 Å². The molecule has 21 heavy (non-hydrogen) atoms. The number of aromatic carboxylic acids is 1. The predicted octanol–water partition coefficient (Wildman–Crippen LogP) is 2.38. The fourth-order valence-electron chi connectivity index (χ4n) is 2.04. The van der Waals surface area contributed by atoms with Crippen molar-refractivity contribution in [1.29, 1.82) is 0 Å². The second kappa shape index (κ2) is 7.15. The number of carboxylic acids is 1. The Bertz CT molecular complexity index is 546. The minimum absolute atomic E-state index is 0.0372. The zero-order valence-corrected chi connectivity index (χ0v) is 13.1. The number of morpholine rings is 1. The summed E-state index contributed by atoms with van der Waals surface area (Å²) in [7, 11) is 0. The molecule has 1 aliphatic rings. The second-order valence-corrected chi connectivity index (χ2v) is 6.47. The summed E-state index contributed by atoms with van der Waals surface area (Å²) in [6.07, 6.45) is 0. The Hall–Kier alpha value is -1.24. The summed E-state index contributed by atoms with van der Waals surface area (Å²) >= 11 is 7.16. The lowest BCUT2D eigenvalue weighted by molar-refractivity contribution is -0.134. The number of ether oxygens (including phenoxy) is 1. The Kier molecular flexibility index (Phi) is 5.50. The molecule has 1 aliphatic heterocycles. The van der Waals surface area contributed by atoms with Crippen molar-refractivity contribution >= 4 is 35.2 Å². The van der Waals surface area contributed by atoms with Crippen LogP contribution < -0.4 is 0 Å². The molecule has 1 saturated heterocycles. The SMILES string of the molecule is CC(Sc1ccc(Cl)c(C(=O)O)c1)C(=O)N1CCOCC1. The molecule has 1 fully saturated rings. The van der Waals surface area contributed by atoms with Crippen LogP contribution in [0.1, 0.15) is 17.3 Å². The van der Waals surface area contributed by atoms with Crippen molar-refractivity contribution in [3.63, 3.8) is 0 Å². The quantitative estimate of drug-likeness (QED) is 0.859. The van der Waals surface area contributed by atoms with Crippen molar-refractivity contribution in [2.45, 2.75) is 17.1 Å². The van der Waals surface area contributed by atoms with Gasteiger partial charge in [0.05, 0.1) is 29.0 Å². The number of nitrogens with zero attached hydrogens (tertiary/aromatic N) is 1. The van der Waals surface area contributed by atoms with E-state index in [0.717, 1.165) is 0 Å². The molecular weight excluding hydrogens is 314 g/mol. The number of amides is 1. The topological polar surface area (TPSA) is 66.8 Å². The molecule has 0 aliphatic carbocycles. The van der Waals surface area contributed by atoms with E-state index in [9.17, 15) is 9.59 Å². The van der Waals surface area contributed by atoms with Gasteiger partial charge in [-0.25, -0.2) is 4.79 Å². The van der Waals surface area contributed by atoms with E-state index >= 15 is 0 Å². The number of carbonyl (C=O) groups excluding carboxylic acids is 1. The summed E-state index contributed by atoms with van der Waals surface area (Å²) in [5.41, 5.74) is 0.0488. The lowest BCUT2D eigenvalue weighted by Gasteiger charge is -2.29. The number of carboxylic acid groups (broad SMARTS) is 1. The van der Waals surface area contributed by atoms with Crippen LogP contribution in [0.4, 0.5) is 0 Å². The van der Waals surface area contributed by atoms with Crippen LogP contribution in [-0.2, 0) is 9.53 Å². The Labute approximate surface area is 132 Å². The highest BCUT2D eigenvalue weighted by atomic mass is 35.5. The maximum absolute atomic E-state index is 12.3. The smallest absolute Gasteiger partial charge is 0.337 e. The minimum atomic E-state index is -1.07. The van der Waals surface area contributed by atoms with Crippen LogP contribution in [0.3, 0.4) is 0 Å². The molecule has 5 nitrogen and oxygen atoms in total. The first-order chi connectivity index (χ1) is 9.99. The third-order valence-corrected chi connectivity index (χ3v) is 4.56. The third-order valence-electron chi connectivity index (χ3n) is 3.15. The highest BCUT2D eigenvalue weighted by molar-refractivity contribution is 8.00. The first-order valence-electron chi connectivity index (χ1n) is 6.55. The molecule has 1 aromatic carbocycles. The van der Waals surface area contributed by atoms with Gasteiger partial charge in [-0.3, -0.25) is 4.79 Å². The van der Waals surface area contributed by atoms with E-state index in [1.807, 2.05) is 6.92 Å². The Balaban J connectivity index is 2.05. The van der Waals surface area contributed by atoms with Crippen molar-refractivity contribution in [2.24, 2.45) is 0 Å². The molecule has 7 heteroatoms. The molecule has 1 aromatic rings. The van der Waals surface area contributed by atoms with Crippen molar-refractivity contribution in [3.8, 4) is 0 Å². The van der Waals surface area contributed by atoms with Crippen molar-refractivity contribution in [3.05, 3.63) is 28.8 Å². The zero-order chi connectivity index (χ0) is 15.4. The van der Waals surface area contributed by atoms with Crippen LogP contribution in [0.25, 0.3) is 0 Å². The van der Waals surface area contributed by atoms with Crippen molar-refractivity contribution in [2.75, 3.05) is 26.3 Å². The van der Waals surface area contributed by atoms with Gasteiger partial charge in [0.2, 0.25) is 5.91 Å². The summed E-state index contributed by atoms with van der Waals surface area (Å²) in [5.74, 6) is -1.04. The van der Waals surface area contributed by atoms with Crippen LogP contribution in [-0.4, -0.2) is 53.4 Å². The van der Waals surface area contributed by atoms with Gasteiger partial charge in [-0.05, 0) is 25.1 Å². The summed E-state index contributed by atoms with van der Waals surface area (Å²) in [6, 6.07) is 4.76.